The molecular weight excluding hydrogens is 295 g/mol. The number of nitrogens with two attached hydrogens (primary N) is 1. The van der Waals surface area contributed by atoms with Crippen molar-refractivity contribution in [1.29, 1.82) is 0 Å². The summed E-state index contributed by atoms with van der Waals surface area (Å²) in [5.41, 5.74) is 4.08. The summed E-state index contributed by atoms with van der Waals surface area (Å²) in [6.45, 7) is -0.118. The first kappa shape index (κ1) is 15.2. The highest BCUT2D eigenvalue weighted by molar-refractivity contribution is 5.36. The number of hydrogen-bond acceptors (Lipinski definition) is 3. The summed E-state index contributed by atoms with van der Waals surface area (Å²) in [6, 6.07) is 3.19. The molecule has 0 amide bonds. The second kappa shape index (κ2) is 5.65. The molecule has 112 valence electrons. The standard InChI is InChI=1S/C13H9F5N2O/c14-8-3-7(5-19)12(20-6-8)21-9-1-2-11(15)10(4-9)13(16,17)18/h1-4,6H,5,19H2. The zero-order valence-corrected chi connectivity index (χ0v) is 10.4. The normalized spacial score (nSPS) is 11.5. The third-order valence-electron chi connectivity index (χ3n) is 2.57. The number of pyridine rings is 1. The van der Waals surface area contributed by atoms with E-state index in [4.69, 9.17) is 10.5 Å². The molecule has 0 aliphatic carbocycles. The van der Waals surface area contributed by atoms with Gasteiger partial charge in [0.25, 0.3) is 0 Å². The molecule has 0 radical (unpaired) electrons. The molecule has 0 atom stereocenters. The molecule has 1 aromatic carbocycles. The van der Waals surface area contributed by atoms with Gasteiger partial charge in [-0.15, -0.1) is 0 Å². The fourth-order valence-corrected chi connectivity index (χ4v) is 1.60. The smallest absolute Gasteiger partial charge is 0.419 e. The molecule has 0 saturated heterocycles. The van der Waals surface area contributed by atoms with E-state index < -0.39 is 23.4 Å². The van der Waals surface area contributed by atoms with E-state index in [1.165, 1.54) is 0 Å². The largest absolute Gasteiger partial charge is 0.439 e. The van der Waals surface area contributed by atoms with Gasteiger partial charge in [0.2, 0.25) is 5.88 Å². The zero-order chi connectivity index (χ0) is 15.6. The van der Waals surface area contributed by atoms with Crippen molar-refractivity contribution in [3.63, 3.8) is 0 Å². The summed E-state index contributed by atoms with van der Waals surface area (Å²) in [4.78, 5) is 3.61. The first-order chi connectivity index (χ1) is 9.81. The number of hydrogen-bond donors (Lipinski definition) is 1. The highest BCUT2D eigenvalue weighted by atomic mass is 19.4. The molecule has 3 nitrogen and oxygen atoms in total. The van der Waals surface area contributed by atoms with Gasteiger partial charge in [0.1, 0.15) is 17.4 Å². The number of halogens is 5. The van der Waals surface area contributed by atoms with E-state index in [1.807, 2.05) is 0 Å². The van der Waals surface area contributed by atoms with Crippen LogP contribution in [0.1, 0.15) is 11.1 Å². The number of rotatable bonds is 3. The maximum absolute atomic E-state index is 13.1. The van der Waals surface area contributed by atoms with Crippen LogP contribution in [0.2, 0.25) is 0 Å². The molecule has 1 aromatic heterocycles. The lowest BCUT2D eigenvalue weighted by Crippen LogP contribution is -2.08. The fraction of sp³-hybridized carbons (Fsp3) is 0.154. The van der Waals surface area contributed by atoms with Crippen LogP contribution in [0.4, 0.5) is 22.0 Å². The van der Waals surface area contributed by atoms with Gasteiger partial charge in [0.15, 0.2) is 0 Å². The Morgan fingerprint density at radius 1 is 1.14 bits per heavy atom. The highest BCUT2D eigenvalue weighted by Gasteiger charge is 2.34. The molecule has 2 rings (SSSR count). The Morgan fingerprint density at radius 2 is 1.86 bits per heavy atom. The van der Waals surface area contributed by atoms with Gasteiger partial charge < -0.3 is 10.5 Å². The summed E-state index contributed by atoms with van der Waals surface area (Å²) >= 11 is 0. The predicted molar refractivity (Wildman–Crippen MR) is 63.6 cm³/mol. The Bertz CT molecular complexity index is 657. The van der Waals surface area contributed by atoms with Crippen LogP contribution in [0.3, 0.4) is 0 Å². The molecular formula is C13H9F5N2O. The minimum absolute atomic E-state index is 0.118. The van der Waals surface area contributed by atoms with Crippen molar-refractivity contribution in [2.75, 3.05) is 0 Å². The summed E-state index contributed by atoms with van der Waals surface area (Å²) < 4.78 is 69.0. The van der Waals surface area contributed by atoms with E-state index in [0.29, 0.717) is 12.1 Å². The Morgan fingerprint density at radius 3 is 2.48 bits per heavy atom. The zero-order valence-electron chi connectivity index (χ0n) is 10.4. The maximum Gasteiger partial charge on any atom is 0.419 e. The summed E-state index contributed by atoms with van der Waals surface area (Å²) in [7, 11) is 0. The number of nitrogens with zero attached hydrogens (tertiary/aromatic N) is 1. The van der Waals surface area contributed by atoms with Crippen LogP contribution in [0.15, 0.2) is 30.5 Å². The van der Waals surface area contributed by atoms with Gasteiger partial charge in [-0.25, -0.2) is 13.8 Å². The first-order valence-corrected chi connectivity index (χ1v) is 5.70. The Labute approximate surface area is 116 Å². The van der Waals surface area contributed by atoms with E-state index in [2.05, 4.69) is 4.98 Å². The van der Waals surface area contributed by atoms with Gasteiger partial charge in [0.05, 0.1) is 11.8 Å². The molecule has 2 aromatic rings. The predicted octanol–water partition coefficient (Wildman–Crippen LogP) is 3.63. The third kappa shape index (κ3) is 3.46. The molecule has 1 heterocycles. The SMILES string of the molecule is NCc1cc(F)cnc1Oc1ccc(F)c(C(F)(F)F)c1. The summed E-state index contributed by atoms with van der Waals surface area (Å²) in [5.74, 6) is -2.49. The van der Waals surface area contributed by atoms with Crippen LogP contribution in [-0.4, -0.2) is 4.98 Å². The molecule has 0 fully saturated rings. The van der Waals surface area contributed by atoms with Gasteiger partial charge in [-0.05, 0) is 24.3 Å². The molecule has 0 aliphatic rings. The highest BCUT2D eigenvalue weighted by Crippen LogP contribution is 2.34. The third-order valence-corrected chi connectivity index (χ3v) is 2.57. The van der Waals surface area contributed by atoms with E-state index in [0.717, 1.165) is 18.3 Å². The number of ether oxygens (including phenoxy) is 1. The molecule has 0 aliphatic heterocycles. The quantitative estimate of drug-likeness (QED) is 0.881. The van der Waals surface area contributed by atoms with Gasteiger partial charge in [-0.2, -0.15) is 13.2 Å². The minimum atomic E-state index is -4.85. The van der Waals surface area contributed by atoms with Crippen LogP contribution in [0.25, 0.3) is 0 Å². The van der Waals surface area contributed by atoms with Crippen LogP contribution in [0, 0.1) is 11.6 Å². The van der Waals surface area contributed by atoms with Crippen LogP contribution in [0.5, 0.6) is 11.6 Å². The first-order valence-electron chi connectivity index (χ1n) is 5.70. The number of benzene rings is 1. The van der Waals surface area contributed by atoms with Crippen molar-refractivity contribution in [2.45, 2.75) is 12.7 Å². The van der Waals surface area contributed by atoms with Gasteiger partial charge >= 0.3 is 6.18 Å². The van der Waals surface area contributed by atoms with E-state index in [-0.39, 0.29) is 23.7 Å². The number of alkyl halides is 3. The topological polar surface area (TPSA) is 48.1 Å². The molecule has 2 N–H and O–H groups in total. The van der Waals surface area contributed by atoms with Crippen molar-refractivity contribution in [3.05, 3.63) is 53.2 Å². The average Bonchev–Trinajstić information content (AvgIpc) is 2.41. The van der Waals surface area contributed by atoms with Crippen molar-refractivity contribution in [3.8, 4) is 11.6 Å². The maximum atomic E-state index is 13.1. The van der Waals surface area contributed by atoms with E-state index >= 15 is 0 Å². The van der Waals surface area contributed by atoms with Crippen molar-refractivity contribution >= 4 is 0 Å². The minimum Gasteiger partial charge on any atom is -0.439 e. The fourth-order valence-electron chi connectivity index (χ4n) is 1.60. The molecule has 0 unspecified atom stereocenters. The molecule has 21 heavy (non-hydrogen) atoms. The van der Waals surface area contributed by atoms with Gasteiger partial charge in [-0.1, -0.05) is 0 Å². The molecule has 0 saturated carbocycles. The lowest BCUT2D eigenvalue weighted by atomic mass is 10.2. The Kier molecular flexibility index (Phi) is 4.08. The Hall–Kier alpha value is -2.22. The lowest BCUT2D eigenvalue weighted by molar-refractivity contribution is -0.140. The van der Waals surface area contributed by atoms with Crippen molar-refractivity contribution in [2.24, 2.45) is 5.73 Å². The monoisotopic (exact) mass is 304 g/mol. The van der Waals surface area contributed by atoms with E-state index in [9.17, 15) is 22.0 Å². The van der Waals surface area contributed by atoms with Crippen molar-refractivity contribution < 1.29 is 26.7 Å². The van der Waals surface area contributed by atoms with E-state index in [1.54, 1.807) is 0 Å². The average molecular weight is 304 g/mol. The summed E-state index contributed by atoms with van der Waals surface area (Å²) in [5, 5.41) is 0. The number of aromatic nitrogens is 1. The molecule has 0 spiro atoms. The molecule has 8 heteroatoms. The molecule has 0 bridgehead atoms. The van der Waals surface area contributed by atoms with Crippen LogP contribution in [-0.2, 0) is 12.7 Å². The second-order valence-corrected chi connectivity index (χ2v) is 4.06. The lowest BCUT2D eigenvalue weighted by Gasteiger charge is -2.12. The van der Waals surface area contributed by atoms with Gasteiger partial charge in [0, 0.05) is 12.1 Å². The van der Waals surface area contributed by atoms with Crippen molar-refractivity contribution in [1.82, 2.24) is 4.98 Å². The van der Waals surface area contributed by atoms with Gasteiger partial charge in [-0.3, -0.25) is 0 Å². The summed E-state index contributed by atoms with van der Waals surface area (Å²) in [6.07, 6.45) is -4.01. The Balaban J connectivity index is 2.37. The van der Waals surface area contributed by atoms with Crippen LogP contribution < -0.4 is 10.5 Å². The van der Waals surface area contributed by atoms with Crippen LogP contribution >= 0.6 is 0 Å². The second-order valence-electron chi connectivity index (χ2n) is 4.06.